The van der Waals surface area contributed by atoms with Gasteiger partial charge in [0.2, 0.25) is 0 Å². The van der Waals surface area contributed by atoms with Crippen LogP contribution in [-0.4, -0.2) is 41.9 Å². The van der Waals surface area contributed by atoms with Gasteiger partial charge in [-0.15, -0.1) is 0 Å². The fourth-order valence-corrected chi connectivity index (χ4v) is 2.38. The van der Waals surface area contributed by atoms with Gasteiger partial charge < -0.3 is 15.0 Å². The third kappa shape index (κ3) is 4.30. The number of ether oxygens (including phenoxy) is 1. The molecule has 2 rings (SSSR count). The molecule has 1 N–H and O–H groups in total. The molecule has 1 amide bonds. The quantitative estimate of drug-likeness (QED) is 0.800. The first kappa shape index (κ1) is 17.4. The van der Waals surface area contributed by atoms with Crippen LogP contribution in [0.1, 0.15) is 27.7 Å². The molecule has 0 aromatic heterocycles. The monoisotopic (exact) mass is 330 g/mol. The van der Waals surface area contributed by atoms with Gasteiger partial charge in [-0.1, -0.05) is 6.08 Å². The Labute approximate surface area is 133 Å². The number of hydrogen-bond donors (Lipinski definition) is 1. The van der Waals surface area contributed by atoms with E-state index in [0.29, 0.717) is 17.7 Å². The summed E-state index contributed by atoms with van der Waals surface area (Å²) < 4.78 is 44.3. The molecule has 0 aliphatic carbocycles. The summed E-state index contributed by atoms with van der Waals surface area (Å²) in [4.78, 5) is 13.5. The van der Waals surface area contributed by atoms with Crippen molar-refractivity contribution in [2.45, 2.75) is 45.5 Å². The fourth-order valence-electron chi connectivity index (χ4n) is 2.38. The molecule has 2 heterocycles. The number of carbonyl (C=O) groups excluding carboxylic acids is 1. The summed E-state index contributed by atoms with van der Waals surface area (Å²) >= 11 is 0. The molecule has 1 atom stereocenters. The highest BCUT2D eigenvalue weighted by atomic mass is 19.4. The van der Waals surface area contributed by atoms with Crippen LogP contribution in [0.5, 0.6) is 0 Å². The Morgan fingerprint density at radius 3 is 2.57 bits per heavy atom. The maximum Gasteiger partial charge on any atom is 0.414 e. The number of amides is 1. The lowest BCUT2D eigenvalue weighted by Gasteiger charge is -2.26. The number of rotatable bonds is 1. The van der Waals surface area contributed by atoms with Crippen molar-refractivity contribution in [1.29, 1.82) is 0 Å². The summed E-state index contributed by atoms with van der Waals surface area (Å²) in [5, 5.41) is 2.72. The second-order valence-corrected chi connectivity index (χ2v) is 6.68. The van der Waals surface area contributed by atoms with Crippen LogP contribution >= 0.6 is 0 Å². The highest BCUT2D eigenvalue weighted by Crippen LogP contribution is 2.33. The molecule has 0 bridgehead atoms. The molecule has 2 aliphatic rings. The van der Waals surface area contributed by atoms with Gasteiger partial charge in [-0.25, -0.2) is 4.79 Å². The van der Waals surface area contributed by atoms with Crippen LogP contribution in [0, 0.1) is 0 Å². The maximum atomic E-state index is 13.0. The minimum Gasteiger partial charge on any atom is -0.444 e. The summed E-state index contributed by atoms with van der Waals surface area (Å²) in [5.74, 6) is 0. The lowest BCUT2D eigenvalue weighted by Crippen LogP contribution is -2.36. The second-order valence-electron chi connectivity index (χ2n) is 6.68. The molecule has 2 aliphatic heterocycles. The van der Waals surface area contributed by atoms with Gasteiger partial charge in [-0.3, -0.25) is 0 Å². The zero-order chi connectivity index (χ0) is 17.4. The van der Waals surface area contributed by atoms with Crippen LogP contribution in [0.15, 0.2) is 35.1 Å². The summed E-state index contributed by atoms with van der Waals surface area (Å²) in [6.07, 6.45) is -0.398. The molecule has 1 unspecified atom stereocenters. The third-order valence-electron chi connectivity index (χ3n) is 3.54. The molecule has 0 spiro atoms. The summed E-state index contributed by atoms with van der Waals surface area (Å²) in [6, 6.07) is -0.789. The molecule has 7 heteroatoms. The Balaban J connectivity index is 2.08. The van der Waals surface area contributed by atoms with Gasteiger partial charge in [-0.2, -0.15) is 13.2 Å². The van der Waals surface area contributed by atoms with E-state index in [1.54, 1.807) is 33.0 Å². The highest BCUT2D eigenvalue weighted by molar-refractivity contribution is 5.70. The van der Waals surface area contributed by atoms with E-state index in [1.165, 1.54) is 11.8 Å². The van der Waals surface area contributed by atoms with Gasteiger partial charge in [0, 0.05) is 19.3 Å². The minimum absolute atomic E-state index is 0.235. The molecule has 0 aromatic carbocycles. The van der Waals surface area contributed by atoms with Gasteiger partial charge >= 0.3 is 12.3 Å². The Hall–Kier alpha value is -1.92. The van der Waals surface area contributed by atoms with Gasteiger partial charge in [0.05, 0.1) is 11.6 Å². The molecule has 128 valence electrons. The van der Waals surface area contributed by atoms with E-state index in [4.69, 9.17) is 4.74 Å². The van der Waals surface area contributed by atoms with Gasteiger partial charge in [-0.05, 0) is 44.9 Å². The van der Waals surface area contributed by atoms with E-state index in [1.807, 2.05) is 0 Å². The van der Waals surface area contributed by atoms with Crippen LogP contribution < -0.4 is 5.32 Å². The van der Waals surface area contributed by atoms with Crippen molar-refractivity contribution in [2.24, 2.45) is 0 Å². The number of nitrogens with zero attached hydrogens (tertiary/aromatic N) is 1. The fraction of sp³-hybridized carbons (Fsp3) is 0.562. The Kier molecular flexibility index (Phi) is 4.50. The zero-order valence-electron chi connectivity index (χ0n) is 13.6. The number of carbonyl (C=O) groups is 1. The average Bonchev–Trinajstić information content (AvgIpc) is 2.85. The van der Waals surface area contributed by atoms with E-state index in [-0.39, 0.29) is 6.54 Å². The summed E-state index contributed by atoms with van der Waals surface area (Å²) in [5.41, 5.74) is -0.102. The lowest BCUT2D eigenvalue weighted by molar-refractivity contribution is -0.0960. The second kappa shape index (κ2) is 5.94. The van der Waals surface area contributed by atoms with Crippen LogP contribution in [0.4, 0.5) is 18.0 Å². The topological polar surface area (TPSA) is 41.6 Å². The predicted molar refractivity (Wildman–Crippen MR) is 80.7 cm³/mol. The highest BCUT2D eigenvalue weighted by Gasteiger charge is 2.38. The van der Waals surface area contributed by atoms with E-state index < -0.39 is 29.5 Å². The van der Waals surface area contributed by atoms with Gasteiger partial charge in [0.25, 0.3) is 0 Å². The Morgan fingerprint density at radius 1 is 1.35 bits per heavy atom. The first-order valence-electron chi connectivity index (χ1n) is 7.40. The third-order valence-corrected chi connectivity index (χ3v) is 3.54. The van der Waals surface area contributed by atoms with Gasteiger partial charge in [0.15, 0.2) is 0 Å². The molecule has 23 heavy (non-hydrogen) atoms. The van der Waals surface area contributed by atoms with Crippen molar-refractivity contribution in [2.75, 3.05) is 13.1 Å². The number of nitrogens with one attached hydrogen (secondary N) is 1. The molecular weight excluding hydrogens is 309 g/mol. The first-order valence-corrected chi connectivity index (χ1v) is 7.40. The largest absolute Gasteiger partial charge is 0.444 e. The lowest BCUT2D eigenvalue weighted by atomic mass is 9.97. The molecule has 0 saturated carbocycles. The molecule has 0 fully saturated rings. The normalized spacial score (nSPS) is 22.1. The number of halogens is 3. The summed E-state index contributed by atoms with van der Waals surface area (Å²) in [7, 11) is 0. The number of alkyl halides is 3. The van der Waals surface area contributed by atoms with Crippen LogP contribution in [0.2, 0.25) is 0 Å². The molecule has 4 nitrogen and oxygen atoms in total. The predicted octanol–water partition coefficient (Wildman–Crippen LogP) is 3.53. The van der Waals surface area contributed by atoms with Crippen LogP contribution in [-0.2, 0) is 4.74 Å². The van der Waals surface area contributed by atoms with E-state index in [9.17, 15) is 18.0 Å². The first-order chi connectivity index (χ1) is 10.5. The molecule has 0 saturated heterocycles. The van der Waals surface area contributed by atoms with Crippen molar-refractivity contribution in [3.63, 3.8) is 0 Å². The Bertz CT molecular complexity index is 583. The summed E-state index contributed by atoms with van der Waals surface area (Å²) in [6.45, 7) is 7.32. The Morgan fingerprint density at radius 2 is 2.00 bits per heavy atom. The zero-order valence-corrected chi connectivity index (χ0v) is 13.6. The van der Waals surface area contributed by atoms with Crippen molar-refractivity contribution in [3.05, 3.63) is 35.1 Å². The smallest absolute Gasteiger partial charge is 0.414 e. The van der Waals surface area contributed by atoms with Gasteiger partial charge in [0.1, 0.15) is 5.60 Å². The maximum absolute atomic E-state index is 13.0. The molecule has 0 radical (unpaired) electrons. The van der Waals surface area contributed by atoms with Crippen molar-refractivity contribution in [3.8, 4) is 0 Å². The standard InChI is InChI=1S/C16H21F3N2O2/c1-10-13(16(17,18)19)7-12(8-20-10)11-5-6-21(9-11)14(22)23-15(2,3)4/h5,7-8,10,20H,6,9H2,1-4H3. The van der Waals surface area contributed by atoms with E-state index in [0.717, 1.165) is 6.08 Å². The minimum atomic E-state index is -4.38. The van der Waals surface area contributed by atoms with Crippen LogP contribution in [0.25, 0.3) is 0 Å². The average molecular weight is 330 g/mol. The molecular formula is C16H21F3N2O2. The van der Waals surface area contributed by atoms with Crippen molar-refractivity contribution >= 4 is 6.09 Å². The van der Waals surface area contributed by atoms with E-state index in [2.05, 4.69) is 5.32 Å². The number of dihydropyridines is 1. The number of allylic oxidation sites excluding steroid dienone is 1. The van der Waals surface area contributed by atoms with Crippen LogP contribution in [0.3, 0.4) is 0 Å². The number of hydrogen-bond acceptors (Lipinski definition) is 3. The van der Waals surface area contributed by atoms with E-state index >= 15 is 0 Å². The molecule has 0 aromatic rings. The SMILES string of the molecule is CC1NC=C(C2=CCN(C(=O)OC(C)(C)C)C2)C=C1C(F)(F)F. The van der Waals surface area contributed by atoms with Crippen molar-refractivity contribution < 1.29 is 22.7 Å². The van der Waals surface area contributed by atoms with Crippen molar-refractivity contribution in [1.82, 2.24) is 10.2 Å².